The van der Waals surface area contributed by atoms with Gasteiger partial charge >= 0.3 is 5.97 Å². The lowest BCUT2D eigenvalue weighted by Gasteiger charge is -2.09. The van der Waals surface area contributed by atoms with Gasteiger partial charge in [-0.1, -0.05) is 23.7 Å². The number of halogens is 1. The summed E-state index contributed by atoms with van der Waals surface area (Å²) in [5.74, 6) is 0.215. The zero-order chi connectivity index (χ0) is 18.8. The molecule has 26 heavy (non-hydrogen) atoms. The summed E-state index contributed by atoms with van der Waals surface area (Å²) in [7, 11) is 0. The average Bonchev–Trinajstić information content (AvgIpc) is 2.65. The van der Waals surface area contributed by atoms with Gasteiger partial charge in [-0.2, -0.15) is 0 Å². The first-order valence-corrected chi connectivity index (χ1v) is 8.47. The van der Waals surface area contributed by atoms with E-state index in [-0.39, 0.29) is 13.2 Å². The van der Waals surface area contributed by atoms with Crippen molar-refractivity contribution in [2.45, 2.75) is 13.5 Å². The fourth-order valence-corrected chi connectivity index (χ4v) is 2.11. The van der Waals surface area contributed by atoms with E-state index in [4.69, 9.17) is 25.8 Å². The van der Waals surface area contributed by atoms with E-state index >= 15 is 0 Å². The van der Waals surface area contributed by atoms with Crippen LogP contribution in [0.15, 0.2) is 48.5 Å². The van der Waals surface area contributed by atoms with Crippen molar-refractivity contribution in [2.24, 2.45) is 0 Å². The minimum absolute atomic E-state index is 0.279. The molecule has 0 unspecified atom stereocenters. The van der Waals surface area contributed by atoms with Crippen LogP contribution < -0.4 is 14.8 Å². The molecule has 0 radical (unpaired) electrons. The number of carbonyl (C=O) groups is 2. The Morgan fingerprint density at radius 3 is 2.15 bits per heavy atom. The Balaban J connectivity index is 1.64. The molecule has 2 rings (SSSR count). The normalized spacial score (nSPS) is 10.1. The van der Waals surface area contributed by atoms with E-state index in [1.165, 1.54) is 0 Å². The number of hydrogen-bond donors (Lipinski definition) is 1. The molecule has 2 aromatic carbocycles. The van der Waals surface area contributed by atoms with E-state index in [1.54, 1.807) is 48.5 Å². The van der Waals surface area contributed by atoms with Crippen molar-refractivity contribution in [2.75, 3.05) is 19.8 Å². The van der Waals surface area contributed by atoms with Crippen molar-refractivity contribution in [3.63, 3.8) is 0 Å². The topological polar surface area (TPSA) is 73.9 Å². The number of esters is 1. The van der Waals surface area contributed by atoms with Crippen LogP contribution in [0.1, 0.15) is 12.5 Å². The zero-order valence-corrected chi connectivity index (χ0v) is 15.1. The average molecular weight is 378 g/mol. The number of amides is 1. The first kappa shape index (κ1) is 19.6. The van der Waals surface area contributed by atoms with Gasteiger partial charge in [0.05, 0.1) is 6.61 Å². The summed E-state index contributed by atoms with van der Waals surface area (Å²) in [6, 6.07) is 14.0. The second-order valence-electron chi connectivity index (χ2n) is 5.26. The van der Waals surface area contributed by atoms with Crippen LogP contribution in [0, 0.1) is 0 Å². The highest BCUT2D eigenvalue weighted by molar-refractivity contribution is 6.30. The van der Waals surface area contributed by atoms with Gasteiger partial charge in [-0.3, -0.25) is 4.79 Å². The Bertz CT molecular complexity index is 716. The predicted octanol–water partition coefficient (Wildman–Crippen LogP) is 2.98. The molecule has 0 bridgehead atoms. The van der Waals surface area contributed by atoms with Crippen LogP contribution in [-0.2, 0) is 20.9 Å². The summed E-state index contributed by atoms with van der Waals surface area (Å²) in [6.07, 6.45) is 0. The lowest BCUT2D eigenvalue weighted by Crippen LogP contribution is -2.29. The van der Waals surface area contributed by atoms with Gasteiger partial charge < -0.3 is 19.5 Å². The van der Waals surface area contributed by atoms with Crippen molar-refractivity contribution in [1.82, 2.24) is 5.32 Å². The van der Waals surface area contributed by atoms with Crippen molar-refractivity contribution in [3.8, 4) is 11.5 Å². The smallest absolute Gasteiger partial charge is 0.344 e. The third-order valence-corrected chi connectivity index (χ3v) is 3.51. The van der Waals surface area contributed by atoms with Crippen LogP contribution in [0.3, 0.4) is 0 Å². The van der Waals surface area contributed by atoms with E-state index in [2.05, 4.69) is 5.32 Å². The van der Waals surface area contributed by atoms with E-state index in [1.807, 2.05) is 6.92 Å². The molecule has 1 N–H and O–H groups in total. The Morgan fingerprint density at radius 1 is 0.923 bits per heavy atom. The second kappa shape index (κ2) is 10.3. The van der Waals surface area contributed by atoms with Gasteiger partial charge in [0.1, 0.15) is 11.5 Å². The van der Waals surface area contributed by atoms with E-state index in [9.17, 15) is 9.59 Å². The first-order chi connectivity index (χ1) is 12.6. The lowest BCUT2D eigenvalue weighted by molar-refractivity contribution is -0.150. The fraction of sp³-hybridized carbons (Fsp3) is 0.263. The third-order valence-electron chi connectivity index (χ3n) is 3.26. The molecule has 2 aromatic rings. The molecule has 0 aromatic heterocycles. The Morgan fingerprint density at radius 2 is 1.54 bits per heavy atom. The molecular weight excluding hydrogens is 358 g/mol. The summed E-state index contributed by atoms with van der Waals surface area (Å²) in [5.41, 5.74) is 0.896. The van der Waals surface area contributed by atoms with E-state index < -0.39 is 11.9 Å². The van der Waals surface area contributed by atoms with E-state index in [0.717, 1.165) is 11.3 Å². The van der Waals surface area contributed by atoms with Gasteiger partial charge in [-0.15, -0.1) is 0 Å². The number of hydrogen-bond acceptors (Lipinski definition) is 5. The molecule has 0 saturated heterocycles. The first-order valence-electron chi connectivity index (χ1n) is 8.09. The van der Waals surface area contributed by atoms with Crippen molar-refractivity contribution in [3.05, 3.63) is 59.1 Å². The van der Waals surface area contributed by atoms with Crippen LogP contribution >= 0.6 is 11.6 Å². The van der Waals surface area contributed by atoms with Crippen LogP contribution in [-0.4, -0.2) is 31.7 Å². The molecule has 0 fully saturated rings. The molecule has 138 valence electrons. The van der Waals surface area contributed by atoms with Crippen LogP contribution in [0.4, 0.5) is 0 Å². The summed E-state index contributed by atoms with van der Waals surface area (Å²) < 4.78 is 15.5. The lowest BCUT2D eigenvalue weighted by atomic mass is 10.2. The molecular formula is C19H20ClNO5. The number of rotatable bonds is 9. The van der Waals surface area contributed by atoms with Gasteiger partial charge in [0.15, 0.2) is 13.2 Å². The largest absolute Gasteiger partial charge is 0.494 e. The molecule has 7 heteroatoms. The van der Waals surface area contributed by atoms with Gasteiger partial charge in [0.2, 0.25) is 0 Å². The maximum absolute atomic E-state index is 11.7. The molecule has 0 heterocycles. The van der Waals surface area contributed by atoms with Gasteiger partial charge in [0.25, 0.3) is 5.91 Å². The van der Waals surface area contributed by atoms with Gasteiger partial charge in [-0.05, 0) is 48.9 Å². The molecule has 6 nitrogen and oxygen atoms in total. The molecule has 0 spiro atoms. The van der Waals surface area contributed by atoms with Crippen molar-refractivity contribution >= 4 is 23.5 Å². The highest BCUT2D eigenvalue weighted by Crippen LogP contribution is 2.17. The van der Waals surface area contributed by atoms with Crippen molar-refractivity contribution in [1.29, 1.82) is 0 Å². The minimum Gasteiger partial charge on any atom is -0.494 e. The predicted molar refractivity (Wildman–Crippen MR) is 97.4 cm³/mol. The van der Waals surface area contributed by atoms with E-state index in [0.29, 0.717) is 23.9 Å². The summed E-state index contributed by atoms with van der Waals surface area (Å²) in [4.78, 5) is 23.3. The van der Waals surface area contributed by atoms with Gasteiger partial charge in [-0.25, -0.2) is 4.79 Å². The second-order valence-corrected chi connectivity index (χ2v) is 5.69. The van der Waals surface area contributed by atoms with Crippen LogP contribution in [0.5, 0.6) is 11.5 Å². The quantitative estimate of drug-likeness (QED) is 0.680. The third kappa shape index (κ3) is 7.03. The fourth-order valence-electron chi connectivity index (χ4n) is 1.98. The Kier molecular flexibility index (Phi) is 7.76. The Hall–Kier alpha value is -2.73. The maximum Gasteiger partial charge on any atom is 0.344 e. The maximum atomic E-state index is 11.7. The van der Waals surface area contributed by atoms with Crippen LogP contribution in [0.25, 0.3) is 0 Å². The molecule has 0 aliphatic heterocycles. The number of benzene rings is 2. The summed E-state index contributed by atoms with van der Waals surface area (Å²) in [5, 5.41) is 3.28. The number of nitrogens with one attached hydrogen (secondary N) is 1. The number of ether oxygens (including phenoxy) is 3. The van der Waals surface area contributed by atoms with Crippen LogP contribution in [0.2, 0.25) is 5.02 Å². The SMILES string of the molecule is CCOc1ccc(OCC(=O)OCC(=O)NCc2ccc(Cl)cc2)cc1. The monoisotopic (exact) mass is 377 g/mol. The molecule has 0 aliphatic rings. The summed E-state index contributed by atoms with van der Waals surface area (Å²) in [6.45, 7) is 2.16. The summed E-state index contributed by atoms with van der Waals surface area (Å²) >= 11 is 5.79. The van der Waals surface area contributed by atoms with Crippen molar-refractivity contribution < 1.29 is 23.8 Å². The Labute approximate surface area is 157 Å². The van der Waals surface area contributed by atoms with Gasteiger partial charge in [0, 0.05) is 11.6 Å². The highest BCUT2D eigenvalue weighted by atomic mass is 35.5. The molecule has 0 atom stereocenters. The zero-order valence-electron chi connectivity index (χ0n) is 14.4. The molecule has 1 amide bonds. The molecule has 0 saturated carbocycles. The number of carbonyl (C=O) groups excluding carboxylic acids is 2. The minimum atomic E-state index is -0.625. The molecule has 0 aliphatic carbocycles. The highest BCUT2D eigenvalue weighted by Gasteiger charge is 2.08. The standard InChI is InChI=1S/C19H20ClNO5/c1-2-24-16-7-9-17(10-8-16)25-13-19(23)26-12-18(22)21-11-14-3-5-15(20)6-4-14/h3-10H,2,11-13H2,1H3,(H,21,22).